The Balaban J connectivity index is 0.000000206. The topological polar surface area (TPSA) is 108 Å². The number of aromatic nitrogens is 1. The van der Waals surface area contributed by atoms with Gasteiger partial charge in [0, 0.05) is 24.2 Å². The highest BCUT2D eigenvalue weighted by atomic mass is 19.1. The zero-order chi connectivity index (χ0) is 26.9. The lowest BCUT2D eigenvalue weighted by atomic mass is 9.91. The minimum Gasteiger partial charge on any atom is -0.378 e. The zero-order valence-electron chi connectivity index (χ0n) is 21.7. The third-order valence-electron chi connectivity index (χ3n) is 6.45. The van der Waals surface area contributed by atoms with E-state index < -0.39 is 0 Å². The first kappa shape index (κ1) is 27.7. The van der Waals surface area contributed by atoms with E-state index in [0.717, 1.165) is 31.5 Å². The lowest BCUT2D eigenvalue weighted by molar-refractivity contribution is -0.134. The SMILES string of the molecule is Cc1cc(C(C(=O)N2CCCC2C)C(C)C)on1.N#Cc1cc(C2=CCCC=C2F)ccc1ONC=O. The number of carbonyl (C=O) groups excluding carboxylic acids is 2. The Labute approximate surface area is 216 Å². The van der Waals surface area contributed by atoms with Crippen LogP contribution in [0.2, 0.25) is 0 Å². The molecule has 0 spiro atoms. The summed E-state index contributed by atoms with van der Waals surface area (Å²) in [7, 11) is 0. The molecule has 0 bridgehead atoms. The molecule has 2 amide bonds. The first-order chi connectivity index (χ1) is 17.8. The molecule has 2 aliphatic rings. The van der Waals surface area contributed by atoms with Crippen LogP contribution in [0.25, 0.3) is 5.57 Å². The molecule has 2 atom stereocenters. The maximum atomic E-state index is 13.7. The lowest BCUT2D eigenvalue weighted by Gasteiger charge is -2.27. The highest BCUT2D eigenvalue weighted by molar-refractivity contribution is 5.84. The molecule has 8 nitrogen and oxygen atoms in total. The zero-order valence-corrected chi connectivity index (χ0v) is 21.7. The van der Waals surface area contributed by atoms with Crippen LogP contribution >= 0.6 is 0 Å². The van der Waals surface area contributed by atoms with Crippen molar-refractivity contribution in [2.75, 3.05) is 6.54 Å². The number of allylic oxidation sites excluding steroid dienone is 4. The van der Waals surface area contributed by atoms with Gasteiger partial charge in [-0.05, 0) is 69.2 Å². The molecule has 2 aromatic rings. The van der Waals surface area contributed by atoms with Crippen molar-refractivity contribution in [3.05, 3.63) is 64.8 Å². The van der Waals surface area contributed by atoms with Crippen LogP contribution in [0, 0.1) is 24.2 Å². The molecule has 9 heteroatoms. The molecular weight excluding hydrogens is 475 g/mol. The second-order valence-corrected chi connectivity index (χ2v) is 9.52. The predicted molar refractivity (Wildman–Crippen MR) is 137 cm³/mol. The molecule has 4 rings (SSSR count). The van der Waals surface area contributed by atoms with Crippen LogP contribution in [0.3, 0.4) is 0 Å². The Morgan fingerprint density at radius 1 is 1.32 bits per heavy atom. The molecule has 37 heavy (non-hydrogen) atoms. The van der Waals surface area contributed by atoms with Crippen molar-refractivity contribution in [1.82, 2.24) is 15.5 Å². The number of nitrogens with zero attached hydrogens (tertiary/aromatic N) is 3. The van der Waals surface area contributed by atoms with E-state index in [9.17, 15) is 14.0 Å². The molecule has 2 unspecified atom stereocenters. The van der Waals surface area contributed by atoms with Crippen LogP contribution in [0.15, 0.2) is 46.8 Å². The third kappa shape index (κ3) is 6.85. The summed E-state index contributed by atoms with van der Waals surface area (Å²) in [4.78, 5) is 29.7. The van der Waals surface area contributed by atoms with E-state index in [4.69, 9.17) is 14.6 Å². The summed E-state index contributed by atoms with van der Waals surface area (Å²) >= 11 is 0. The molecule has 1 fully saturated rings. The summed E-state index contributed by atoms with van der Waals surface area (Å²) in [6.07, 6.45) is 7.36. The summed E-state index contributed by atoms with van der Waals surface area (Å²) < 4.78 is 19.0. The number of aryl methyl sites for hydroxylation is 1. The molecule has 1 aliphatic heterocycles. The number of nitriles is 1. The van der Waals surface area contributed by atoms with Crippen LogP contribution in [-0.2, 0) is 9.59 Å². The summed E-state index contributed by atoms with van der Waals surface area (Å²) in [5.41, 5.74) is 4.17. The van der Waals surface area contributed by atoms with Crippen molar-refractivity contribution >= 4 is 17.9 Å². The van der Waals surface area contributed by atoms with Gasteiger partial charge in [0.15, 0.2) is 5.75 Å². The second-order valence-electron chi connectivity index (χ2n) is 9.52. The molecule has 1 aromatic heterocycles. The monoisotopic (exact) mass is 508 g/mol. The van der Waals surface area contributed by atoms with Gasteiger partial charge in [-0.2, -0.15) is 10.7 Å². The Morgan fingerprint density at radius 3 is 2.65 bits per heavy atom. The number of carbonyl (C=O) groups is 2. The molecule has 2 heterocycles. The van der Waals surface area contributed by atoms with Gasteiger partial charge in [0.1, 0.15) is 23.6 Å². The number of likely N-dealkylation sites (tertiary alicyclic amines) is 1. The van der Waals surface area contributed by atoms with Crippen molar-refractivity contribution in [3.8, 4) is 11.8 Å². The molecule has 1 aliphatic carbocycles. The second kappa shape index (κ2) is 12.9. The van der Waals surface area contributed by atoms with Crippen LogP contribution in [0.5, 0.6) is 5.75 Å². The van der Waals surface area contributed by atoms with Crippen LogP contribution in [0.4, 0.5) is 4.39 Å². The van der Waals surface area contributed by atoms with Gasteiger partial charge in [-0.3, -0.25) is 9.59 Å². The van der Waals surface area contributed by atoms with E-state index >= 15 is 0 Å². The average Bonchev–Trinajstić information content (AvgIpc) is 3.51. The predicted octanol–water partition coefficient (Wildman–Crippen LogP) is 5.36. The van der Waals surface area contributed by atoms with E-state index in [0.29, 0.717) is 35.8 Å². The molecule has 1 N–H and O–H groups in total. The number of benzene rings is 1. The van der Waals surface area contributed by atoms with E-state index in [1.165, 1.54) is 18.2 Å². The Morgan fingerprint density at radius 2 is 2.08 bits per heavy atom. The van der Waals surface area contributed by atoms with Gasteiger partial charge >= 0.3 is 0 Å². The highest BCUT2D eigenvalue weighted by Crippen LogP contribution is 2.32. The van der Waals surface area contributed by atoms with Crippen LogP contribution < -0.4 is 10.3 Å². The van der Waals surface area contributed by atoms with Gasteiger partial charge in [0.05, 0.1) is 11.3 Å². The van der Waals surface area contributed by atoms with Crippen LogP contribution in [-0.4, -0.2) is 35.0 Å². The highest BCUT2D eigenvalue weighted by Gasteiger charge is 2.35. The Bertz CT molecular complexity index is 1210. The third-order valence-corrected chi connectivity index (χ3v) is 6.45. The molecule has 1 saturated heterocycles. The fraction of sp³-hybridized carbons (Fsp3) is 0.429. The fourth-order valence-electron chi connectivity index (χ4n) is 4.57. The van der Waals surface area contributed by atoms with Crippen molar-refractivity contribution in [2.45, 2.75) is 65.3 Å². The normalized spacial score (nSPS) is 17.6. The largest absolute Gasteiger partial charge is 0.378 e. The van der Waals surface area contributed by atoms with E-state index in [1.807, 2.05) is 29.4 Å². The molecular formula is C28H33FN4O4. The molecule has 0 saturated carbocycles. The lowest BCUT2D eigenvalue weighted by Crippen LogP contribution is -2.38. The summed E-state index contributed by atoms with van der Waals surface area (Å²) in [6.45, 7) is 8.99. The first-order valence-corrected chi connectivity index (χ1v) is 12.5. The Kier molecular flexibility index (Phi) is 9.61. The van der Waals surface area contributed by atoms with Gasteiger partial charge in [0.2, 0.25) is 12.3 Å². The number of halogens is 1. The van der Waals surface area contributed by atoms with Gasteiger partial charge in [0.25, 0.3) is 0 Å². The first-order valence-electron chi connectivity index (χ1n) is 12.5. The minimum absolute atomic E-state index is 0.186. The summed E-state index contributed by atoms with van der Waals surface area (Å²) in [5, 5.41) is 12.9. The molecule has 0 radical (unpaired) electrons. The fourth-order valence-corrected chi connectivity index (χ4v) is 4.57. The standard InChI is InChI=1S/C14H11FN2O2.C14H22N2O2/c15-13-4-2-1-3-12(13)10-5-6-14(19-17-9-18)11(7-10)8-16;1-9(2)13(12-8-10(3)15-18-12)14(17)16-7-5-6-11(16)4/h3-7,9H,1-2H2,(H,17,18);8-9,11,13H,5-7H2,1-4H3. The average molecular weight is 509 g/mol. The minimum atomic E-state index is -0.283. The van der Waals surface area contributed by atoms with Crippen molar-refractivity contribution < 1.29 is 23.3 Å². The Hall–Kier alpha value is -3.93. The molecule has 1 aromatic carbocycles. The maximum absolute atomic E-state index is 13.7. The van der Waals surface area contributed by atoms with E-state index in [2.05, 4.69) is 25.9 Å². The number of hydrogen-bond donors (Lipinski definition) is 1. The van der Waals surface area contributed by atoms with Gasteiger partial charge in [-0.15, -0.1) is 0 Å². The quantitative estimate of drug-likeness (QED) is 0.398. The van der Waals surface area contributed by atoms with Gasteiger partial charge < -0.3 is 14.3 Å². The number of hydroxylamine groups is 1. The van der Waals surface area contributed by atoms with Crippen molar-refractivity contribution in [2.24, 2.45) is 5.92 Å². The smallest absolute Gasteiger partial charge is 0.239 e. The van der Waals surface area contributed by atoms with Crippen LogP contribution in [0.1, 0.15) is 75.0 Å². The van der Waals surface area contributed by atoms with Gasteiger partial charge in [-0.25, -0.2) is 4.39 Å². The van der Waals surface area contributed by atoms with E-state index in [-0.39, 0.29) is 34.9 Å². The summed E-state index contributed by atoms with van der Waals surface area (Å²) in [5.74, 6) is 0.844. The molecule has 196 valence electrons. The number of rotatable bonds is 7. The number of amides is 2. The maximum Gasteiger partial charge on any atom is 0.239 e. The summed E-state index contributed by atoms with van der Waals surface area (Å²) in [6, 6.07) is 8.88. The number of hydrogen-bond acceptors (Lipinski definition) is 6. The van der Waals surface area contributed by atoms with Crippen molar-refractivity contribution in [1.29, 1.82) is 5.26 Å². The van der Waals surface area contributed by atoms with Gasteiger partial charge in [-0.1, -0.05) is 31.1 Å². The van der Waals surface area contributed by atoms with E-state index in [1.54, 1.807) is 12.1 Å². The number of nitrogens with one attached hydrogen (secondary N) is 1. The van der Waals surface area contributed by atoms with Crippen molar-refractivity contribution in [3.63, 3.8) is 0 Å².